The van der Waals surface area contributed by atoms with Crippen LogP contribution in [-0.2, 0) is 14.9 Å². The highest BCUT2D eigenvalue weighted by atomic mass is 16.5. The molecule has 0 saturated heterocycles. The maximum Gasteiger partial charge on any atom is 0.302 e. The van der Waals surface area contributed by atoms with Gasteiger partial charge < -0.3 is 14.8 Å². The predicted molar refractivity (Wildman–Crippen MR) is 112 cm³/mol. The van der Waals surface area contributed by atoms with Gasteiger partial charge in [-0.3, -0.25) is 9.59 Å². The van der Waals surface area contributed by atoms with Gasteiger partial charge in [-0.15, -0.1) is 0 Å². The molecule has 5 nitrogen and oxygen atoms in total. The molecule has 0 bridgehead atoms. The van der Waals surface area contributed by atoms with E-state index in [1.54, 1.807) is 19.2 Å². The highest BCUT2D eigenvalue weighted by molar-refractivity contribution is 5.97. The summed E-state index contributed by atoms with van der Waals surface area (Å²) in [6, 6.07) is 17.5. The van der Waals surface area contributed by atoms with Gasteiger partial charge in [-0.2, -0.15) is 0 Å². The lowest BCUT2D eigenvalue weighted by Crippen LogP contribution is -2.42. The van der Waals surface area contributed by atoms with Gasteiger partial charge in [0.15, 0.2) is 0 Å². The zero-order valence-electron chi connectivity index (χ0n) is 16.9. The summed E-state index contributed by atoms with van der Waals surface area (Å²) in [5.74, 6) is 0.147. The van der Waals surface area contributed by atoms with Crippen molar-refractivity contribution in [1.82, 2.24) is 5.32 Å². The highest BCUT2D eigenvalue weighted by Crippen LogP contribution is 2.38. The van der Waals surface area contributed by atoms with Crippen LogP contribution in [0.25, 0.3) is 0 Å². The molecule has 0 saturated carbocycles. The molecule has 1 aliphatic carbocycles. The quantitative estimate of drug-likeness (QED) is 0.570. The highest BCUT2D eigenvalue weighted by Gasteiger charge is 2.34. The molecule has 1 aliphatic rings. The monoisotopic (exact) mass is 393 g/mol. The molecule has 3 rings (SSSR count). The number of carbonyl (C=O) groups is 2. The number of methoxy groups -OCH3 is 1. The number of esters is 1. The molecule has 152 valence electrons. The Morgan fingerprint density at radius 1 is 1.07 bits per heavy atom. The van der Waals surface area contributed by atoms with Crippen molar-refractivity contribution in [3.63, 3.8) is 0 Å². The van der Waals surface area contributed by atoms with Crippen LogP contribution in [0.5, 0.6) is 5.75 Å². The molecule has 0 heterocycles. The first-order valence-corrected chi connectivity index (χ1v) is 9.82. The fourth-order valence-electron chi connectivity index (χ4n) is 3.76. The standard InChI is InChI=1S/C24H27NO4/c1-18(26)29-16-19-12-14-24(15-13-19,20-8-4-3-5-9-20)17-25-23(27)21-10-6-7-11-22(21)28-2/h3-12H,13-17H2,1-2H3,(H,25,27). The van der Waals surface area contributed by atoms with E-state index < -0.39 is 0 Å². The van der Waals surface area contributed by atoms with E-state index in [9.17, 15) is 9.59 Å². The van der Waals surface area contributed by atoms with Crippen LogP contribution in [0.2, 0.25) is 0 Å². The molecule has 0 spiro atoms. The van der Waals surface area contributed by atoms with Crippen molar-refractivity contribution in [1.29, 1.82) is 0 Å². The number of ether oxygens (including phenoxy) is 2. The second-order valence-corrected chi connectivity index (χ2v) is 7.38. The van der Waals surface area contributed by atoms with Crippen LogP contribution >= 0.6 is 0 Å². The van der Waals surface area contributed by atoms with Crippen molar-refractivity contribution >= 4 is 11.9 Å². The van der Waals surface area contributed by atoms with Gasteiger partial charge in [0.25, 0.3) is 5.91 Å². The molecular formula is C24H27NO4. The maximum absolute atomic E-state index is 12.8. The van der Waals surface area contributed by atoms with Crippen LogP contribution in [0.15, 0.2) is 66.2 Å². The van der Waals surface area contributed by atoms with Crippen molar-refractivity contribution in [2.75, 3.05) is 20.3 Å². The van der Waals surface area contributed by atoms with Gasteiger partial charge in [0.05, 0.1) is 12.7 Å². The van der Waals surface area contributed by atoms with Crippen LogP contribution in [0, 0.1) is 0 Å². The fraction of sp³-hybridized carbons (Fsp3) is 0.333. The molecular weight excluding hydrogens is 366 g/mol. The minimum Gasteiger partial charge on any atom is -0.496 e. The molecule has 1 N–H and O–H groups in total. The lowest BCUT2D eigenvalue weighted by Gasteiger charge is -2.37. The number of allylic oxidation sites excluding steroid dienone is 1. The smallest absolute Gasteiger partial charge is 0.302 e. The Kier molecular flexibility index (Phi) is 6.70. The van der Waals surface area contributed by atoms with Crippen LogP contribution < -0.4 is 10.1 Å². The summed E-state index contributed by atoms with van der Waals surface area (Å²) in [6.07, 6.45) is 4.62. The van der Waals surface area contributed by atoms with E-state index in [4.69, 9.17) is 9.47 Å². The summed E-state index contributed by atoms with van der Waals surface area (Å²) in [6.45, 7) is 2.28. The van der Waals surface area contributed by atoms with Gasteiger partial charge in [-0.05, 0) is 42.5 Å². The Morgan fingerprint density at radius 3 is 2.45 bits per heavy atom. The summed E-state index contributed by atoms with van der Waals surface area (Å²) in [7, 11) is 1.56. The van der Waals surface area contributed by atoms with Crippen molar-refractivity contribution in [3.8, 4) is 5.75 Å². The molecule has 0 aromatic heterocycles. The number of nitrogens with one attached hydrogen (secondary N) is 1. The van der Waals surface area contributed by atoms with E-state index in [1.807, 2.05) is 30.3 Å². The summed E-state index contributed by atoms with van der Waals surface area (Å²) < 4.78 is 10.5. The Bertz CT molecular complexity index is 891. The molecule has 2 aromatic rings. The number of para-hydroxylation sites is 1. The zero-order valence-corrected chi connectivity index (χ0v) is 16.9. The summed E-state index contributed by atoms with van der Waals surface area (Å²) in [5, 5.41) is 3.11. The molecule has 5 heteroatoms. The number of amides is 1. The normalized spacial score (nSPS) is 18.5. The van der Waals surface area contributed by atoms with E-state index in [-0.39, 0.29) is 17.3 Å². The average Bonchev–Trinajstić information content (AvgIpc) is 2.77. The van der Waals surface area contributed by atoms with Crippen molar-refractivity contribution in [2.45, 2.75) is 31.6 Å². The molecule has 1 unspecified atom stereocenters. The van der Waals surface area contributed by atoms with E-state index >= 15 is 0 Å². The first kappa shape index (κ1) is 20.6. The van der Waals surface area contributed by atoms with E-state index in [2.05, 4.69) is 23.5 Å². The van der Waals surface area contributed by atoms with Crippen LogP contribution in [-0.4, -0.2) is 32.1 Å². The van der Waals surface area contributed by atoms with E-state index in [1.165, 1.54) is 12.5 Å². The van der Waals surface area contributed by atoms with Crippen LogP contribution in [0.4, 0.5) is 0 Å². The Balaban J connectivity index is 1.77. The first-order chi connectivity index (χ1) is 14.0. The average molecular weight is 393 g/mol. The number of rotatable bonds is 7. The fourth-order valence-corrected chi connectivity index (χ4v) is 3.76. The van der Waals surface area contributed by atoms with Gasteiger partial charge >= 0.3 is 5.97 Å². The van der Waals surface area contributed by atoms with Crippen molar-refractivity contribution in [3.05, 3.63) is 77.4 Å². The topological polar surface area (TPSA) is 64.6 Å². The van der Waals surface area contributed by atoms with Gasteiger partial charge in [0, 0.05) is 18.9 Å². The molecule has 1 atom stereocenters. The maximum atomic E-state index is 12.8. The van der Waals surface area contributed by atoms with Gasteiger partial charge in [0.2, 0.25) is 0 Å². The molecule has 0 aliphatic heterocycles. The van der Waals surface area contributed by atoms with Crippen LogP contribution in [0.3, 0.4) is 0 Å². The molecule has 29 heavy (non-hydrogen) atoms. The number of hydrogen-bond acceptors (Lipinski definition) is 4. The summed E-state index contributed by atoms with van der Waals surface area (Å²) in [5.41, 5.74) is 2.66. The largest absolute Gasteiger partial charge is 0.496 e. The molecule has 2 aromatic carbocycles. The second-order valence-electron chi connectivity index (χ2n) is 7.38. The summed E-state index contributed by atoms with van der Waals surface area (Å²) in [4.78, 5) is 23.9. The van der Waals surface area contributed by atoms with E-state index in [0.717, 1.165) is 24.8 Å². The van der Waals surface area contributed by atoms with Crippen molar-refractivity contribution < 1.29 is 19.1 Å². The predicted octanol–water partition coefficient (Wildman–Crippen LogP) is 4.04. The van der Waals surface area contributed by atoms with Crippen molar-refractivity contribution in [2.24, 2.45) is 0 Å². The first-order valence-electron chi connectivity index (χ1n) is 9.82. The lowest BCUT2D eigenvalue weighted by molar-refractivity contribution is -0.140. The van der Waals surface area contributed by atoms with E-state index in [0.29, 0.717) is 24.5 Å². The Morgan fingerprint density at radius 2 is 1.79 bits per heavy atom. The van der Waals surface area contributed by atoms with Gasteiger partial charge in [0.1, 0.15) is 12.4 Å². The molecule has 1 amide bonds. The minimum absolute atomic E-state index is 0.146. The number of benzene rings is 2. The number of carbonyl (C=O) groups excluding carboxylic acids is 2. The van der Waals surface area contributed by atoms with Gasteiger partial charge in [-0.1, -0.05) is 48.5 Å². The molecule has 0 fully saturated rings. The zero-order chi connectivity index (χ0) is 20.7. The Labute approximate surface area is 171 Å². The van der Waals surface area contributed by atoms with Gasteiger partial charge in [-0.25, -0.2) is 0 Å². The SMILES string of the molecule is COc1ccccc1C(=O)NCC1(c2ccccc2)CC=C(COC(C)=O)CC1. The summed E-state index contributed by atoms with van der Waals surface area (Å²) >= 11 is 0. The second kappa shape index (κ2) is 9.41. The van der Waals surface area contributed by atoms with Crippen LogP contribution in [0.1, 0.15) is 42.1 Å². The molecule has 0 radical (unpaired) electrons. The minimum atomic E-state index is -0.269. The lowest BCUT2D eigenvalue weighted by atomic mass is 9.70. The third-order valence-electron chi connectivity index (χ3n) is 5.49. The Hall–Kier alpha value is -3.08. The third-order valence-corrected chi connectivity index (χ3v) is 5.49. The third kappa shape index (κ3) is 5.05. The number of hydrogen-bond donors (Lipinski definition) is 1.